The van der Waals surface area contributed by atoms with Crippen LogP contribution >= 0.6 is 0 Å². The number of ether oxygens (including phenoxy) is 1. The molecule has 0 amide bonds. The Morgan fingerprint density at radius 2 is 1.86 bits per heavy atom. The van der Waals surface area contributed by atoms with Gasteiger partial charge in [0.2, 0.25) is 0 Å². The van der Waals surface area contributed by atoms with Crippen molar-refractivity contribution in [2.75, 3.05) is 0 Å². The monoisotopic (exact) mass is 315 g/mol. The Labute approximate surface area is 125 Å². The first kappa shape index (κ1) is 17.6. The summed E-state index contributed by atoms with van der Waals surface area (Å²) in [5, 5.41) is 0. The zero-order chi connectivity index (χ0) is 16.0. The lowest BCUT2D eigenvalue weighted by atomic mass is 9.96. The number of hydrogen-bond donors (Lipinski definition) is 2. The highest BCUT2D eigenvalue weighted by Crippen LogP contribution is 2.21. The van der Waals surface area contributed by atoms with Crippen molar-refractivity contribution in [3.63, 3.8) is 0 Å². The minimum absolute atomic E-state index is 0.0666. The second-order valence-electron chi connectivity index (χ2n) is 5.07. The summed E-state index contributed by atoms with van der Waals surface area (Å²) in [4.78, 5) is 10.7. The molecule has 1 aromatic rings. The average Bonchev–Trinajstić information content (AvgIpc) is 2.33. The topological polar surface area (TPSA) is 107 Å². The van der Waals surface area contributed by atoms with E-state index in [0.717, 1.165) is 18.4 Å². The quantitative estimate of drug-likeness (QED) is 0.649. The van der Waals surface area contributed by atoms with E-state index in [4.69, 9.17) is 15.0 Å². The third-order valence-corrected chi connectivity index (χ3v) is 3.89. The molecule has 1 fully saturated rings. The van der Waals surface area contributed by atoms with Crippen LogP contribution in [0, 0.1) is 6.92 Å². The molecular weight excluding hydrogens is 294 g/mol. The normalized spacial score (nSPS) is 16.2. The molecule has 7 heteroatoms. The second-order valence-corrected chi connectivity index (χ2v) is 6.49. The molecule has 0 radical (unpaired) electrons. The number of carbonyl (C=O) groups is 1. The van der Waals surface area contributed by atoms with E-state index in [-0.39, 0.29) is 17.0 Å². The molecule has 21 heavy (non-hydrogen) atoms. The lowest BCUT2D eigenvalue weighted by Gasteiger charge is -2.25. The maximum atomic E-state index is 10.8. The van der Waals surface area contributed by atoms with Gasteiger partial charge in [-0.15, -0.1) is 0 Å². The molecule has 118 valence electrons. The third-order valence-electron chi connectivity index (χ3n) is 3.03. The van der Waals surface area contributed by atoms with Gasteiger partial charge in [0.1, 0.15) is 12.1 Å². The highest BCUT2D eigenvalue weighted by Gasteiger charge is 2.22. The van der Waals surface area contributed by atoms with Crippen molar-refractivity contribution in [1.29, 1.82) is 0 Å². The van der Waals surface area contributed by atoms with Crippen LogP contribution in [-0.2, 0) is 19.6 Å². The van der Waals surface area contributed by atoms with Gasteiger partial charge in [-0.3, -0.25) is 9.35 Å². The highest BCUT2D eigenvalue weighted by molar-refractivity contribution is 7.85. The minimum Gasteiger partial charge on any atom is -0.461 e. The molecule has 0 spiro atoms. The fourth-order valence-electron chi connectivity index (χ4n) is 1.47. The van der Waals surface area contributed by atoms with Crippen LogP contribution < -0.4 is 5.73 Å². The number of aryl methyl sites for hydroxylation is 1. The molecule has 1 aliphatic carbocycles. The van der Waals surface area contributed by atoms with Gasteiger partial charge in [-0.1, -0.05) is 17.7 Å². The van der Waals surface area contributed by atoms with E-state index in [0.29, 0.717) is 0 Å². The number of benzene rings is 1. The van der Waals surface area contributed by atoms with Gasteiger partial charge in [0.25, 0.3) is 10.1 Å². The van der Waals surface area contributed by atoms with Crippen molar-refractivity contribution in [2.24, 2.45) is 5.73 Å². The predicted molar refractivity (Wildman–Crippen MR) is 78.4 cm³/mol. The van der Waals surface area contributed by atoms with Crippen LogP contribution in [-0.4, -0.2) is 31.1 Å². The van der Waals surface area contributed by atoms with Crippen molar-refractivity contribution < 1.29 is 22.5 Å². The minimum atomic E-state index is -4.02. The van der Waals surface area contributed by atoms with Crippen LogP contribution in [0.3, 0.4) is 0 Å². The summed E-state index contributed by atoms with van der Waals surface area (Å²) in [5.74, 6) is -0.273. The van der Waals surface area contributed by atoms with Gasteiger partial charge in [-0.2, -0.15) is 8.42 Å². The van der Waals surface area contributed by atoms with E-state index >= 15 is 0 Å². The van der Waals surface area contributed by atoms with E-state index in [1.54, 1.807) is 19.1 Å². The van der Waals surface area contributed by atoms with Gasteiger partial charge in [0.15, 0.2) is 0 Å². The molecule has 0 unspecified atom stereocenters. The van der Waals surface area contributed by atoms with Gasteiger partial charge >= 0.3 is 5.97 Å². The van der Waals surface area contributed by atoms with Gasteiger partial charge < -0.3 is 10.5 Å². The summed E-state index contributed by atoms with van der Waals surface area (Å²) < 4.78 is 34.5. The third kappa shape index (κ3) is 6.24. The Morgan fingerprint density at radius 3 is 2.19 bits per heavy atom. The summed E-state index contributed by atoms with van der Waals surface area (Å²) in [7, 11) is -4.02. The van der Waals surface area contributed by atoms with Crippen molar-refractivity contribution in [2.45, 2.75) is 50.2 Å². The van der Waals surface area contributed by atoms with Gasteiger partial charge in [-0.05, 0) is 45.2 Å². The summed E-state index contributed by atoms with van der Waals surface area (Å²) in [5.41, 5.74) is 6.24. The SMILES string of the molecule is C[C@H](N)C(=O)OC1CCC1.Cc1ccc(S(=O)(=O)O)cc1. The molecular formula is C14H21NO5S. The van der Waals surface area contributed by atoms with E-state index in [1.807, 2.05) is 6.92 Å². The van der Waals surface area contributed by atoms with E-state index in [9.17, 15) is 13.2 Å². The fourth-order valence-corrected chi connectivity index (χ4v) is 1.95. The van der Waals surface area contributed by atoms with Crippen LogP contribution in [0.15, 0.2) is 29.2 Å². The average molecular weight is 315 g/mol. The fraction of sp³-hybridized carbons (Fsp3) is 0.500. The molecule has 6 nitrogen and oxygen atoms in total. The Balaban J connectivity index is 0.000000211. The number of nitrogens with two attached hydrogens (primary N) is 1. The van der Waals surface area contributed by atoms with Crippen molar-refractivity contribution >= 4 is 16.1 Å². The smallest absolute Gasteiger partial charge is 0.322 e. The standard InChI is InChI=1S/C7H13NO2.C7H8O3S/c1-5(8)7(9)10-6-3-2-4-6;1-6-2-4-7(5-3-6)11(8,9)10/h5-6H,2-4,8H2,1H3;2-5H,1H3,(H,8,9,10)/t5-;/m0./s1. The van der Waals surface area contributed by atoms with Gasteiger partial charge in [0, 0.05) is 0 Å². The maximum Gasteiger partial charge on any atom is 0.322 e. The Hall–Kier alpha value is -1.44. The van der Waals surface area contributed by atoms with Crippen LogP contribution in [0.5, 0.6) is 0 Å². The molecule has 0 aliphatic heterocycles. The lowest BCUT2D eigenvalue weighted by Crippen LogP contribution is -2.34. The Kier molecular flexibility index (Phi) is 6.32. The van der Waals surface area contributed by atoms with Crippen molar-refractivity contribution in [3.8, 4) is 0 Å². The molecule has 1 aliphatic rings. The number of hydrogen-bond acceptors (Lipinski definition) is 5. The Morgan fingerprint density at radius 1 is 1.33 bits per heavy atom. The highest BCUT2D eigenvalue weighted by atomic mass is 32.2. The number of carbonyl (C=O) groups excluding carboxylic acids is 1. The number of rotatable bonds is 3. The van der Waals surface area contributed by atoms with Crippen molar-refractivity contribution in [1.82, 2.24) is 0 Å². The summed E-state index contributed by atoms with van der Waals surface area (Å²) >= 11 is 0. The Bertz CT molecular complexity index is 562. The van der Waals surface area contributed by atoms with Crippen LogP contribution in [0.1, 0.15) is 31.7 Å². The zero-order valence-corrected chi connectivity index (χ0v) is 13.0. The molecule has 0 aromatic heterocycles. The largest absolute Gasteiger partial charge is 0.461 e. The second kappa shape index (κ2) is 7.53. The zero-order valence-electron chi connectivity index (χ0n) is 12.2. The van der Waals surface area contributed by atoms with E-state index in [2.05, 4.69) is 0 Å². The van der Waals surface area contributed by atoms with Gasteiger partial charge in [-0.25, -0.2) is 0 Å². The molecule has 2 rings (SSSR count). The van der Waals surface area contributed by atoms with Gasteiger partial charge in [0.05, 0.1) is 4.90 Å². The first-order valence-electron chi connectivity index (χ1n) is 6.70. The molecule has 1 atom stereocenters. The molecule has 0 bridgehead atoms. The molecule has 1 saturated carbocycles. The molecule has 1 aromatic carbocycles. The van der Waals surface area contributed by atoms with E-state index < -0.39 is 16.2 Å². The first-order valence-corrected chi connectivity index (χ1v) is 8.14. The maximum absolute atomic E-state index is 10.8. The van der Waals surface area contributed by atoms with Crippen LogP contribution in [0.25, 0.3) is 0 Å². The van der Waals surface area contributed by atoms with Crippen LogP contribution in [0.4, 0.5) is 0 Å². The van der Waals surface area contributed by atoms with Crippen molar-refractivity contribution in [3.05, 3.63) is 29.8 Å². The molecule has 0 saturated heterocycles. The van der Waals surface area contributed by atoms with E-state index in [1.165, 1.54) is 18.6 Å². The predicted octanol–water partition coefficient (Wildman–Crippen LogP) is 1.67. The lowest BCUT2D eigenvalue weighted by molar-refractivity contribution is -0.154. The molecule has 0 heterocycles. The first-order chi connectivity index (χ1) is 9.70. The number of esters is 1. The molecule has 3 N–H and O–H groups in total. The summed E-state index contributed by atoms with van der Waals surface area (Å²) in [6, 6.07) is 5.52. The van der Waals surface area contributed by atoms with Crippen LogP contribution in [0.2, 0.25) is 0 Å². The summed E-state index contributed by atoms with van der Waals surface area (Å²) in [6.45, 7) is 3.48. The summed E-state index contributed by atoms with van der Waals surface area (Å²) in [6.07, 6.45) is 3.37.